The normalized spacial score (nSPS) is 10.1. The number of halogens is 1. The summed E-state index contributed by atoms with van der Waals surface area (Å²) in [5, 5.41) is 5.20. The fourth-order valence-corrected chi connectivity index (χ4v) is 2.88. The highest BCUT2D eigenvalue weighted by atomic mass is 79.9. The van der Waals surface area contributed by atoms with Gasteiger partial charge >= 0.3 is 0 Å². The molecule has 9 heteroatoms. The Morgan fingerprint density at radius 3 is 1.96 bits per heavy atom. The number of amides is 3. The van der Waals surface area contributed by atoms with E-state index in [2.05, 4.69) is 26.6 Å². The fourth-order valence-electron chi connectivity index (χ4n) is 2.33. The van der Waals surface area contributed by atoms with Crippen LogP contribution in [0.25, 0.3) is 0 Å². The van der Waals surface area contributed by atoms with Gasteiger partial charge in [-0.05, 0) is 45.8 Å². The monoisotopic (exact) mass is 449 g/mol. The van der Waals surface area contributed by atoms with Crippen LogP contribution in [0, 0.1) is 0 Å². The number of hydrogen-bond acceptors (Lipinski definition) is 5. The number of hydrogen-bond donors (Lipinski definition) is 3. The molecular weight excluding hydrogens is 430 g/mol. The molecule has 4 N–H and O–H groups in total. The van der Waals surface area contributed by atoms with Crippen LogP contribution in [0.1, 0.15) is 26.3 Å². The molecule has 0 radical (unpaired) electrons. The summed E-state index contributed by atoms with van der Waals surface area (Å²) in [7, 11) is 3.00. The zero-order valence-electron chi connectivity index (χ0n) is 15.4. The Balaban J connectivity index is 2.01. The summed E-state index contributed by atoms with van der Waals surface area (Å²) in [4.78, 5) is 35.0. The number of methoxy groups -OCH3 is 2. The van der Waals surface area contributed by atoms with Crippen molar-refractivity contribution >= 4 is 33.7 Å². The third-order valence-electron chi connectivity index (χ3n) is 3.80. The summed E-state index contributed by atoms with van der Waals surface area (Å²) in [6.07, 6.45) is 0. The summed E-state index contributed by atoms with van der Waals surface area (Å²) in [5.41, 5.74) is 6.57. The van der Waals surface area contributed by atoms with E-state index in [-0.39, 0.29) is 19.0 Å². The fraction of sp³-hybridized carbons (Fsp3) is 0.211. The molecule has 2 aromatic rings. The molecule has 2 aromatic carbocycles. The van der Waals surface area contributed by atoms with Gasteiger partial charge in [0.25, 0.3) is 11.8 Å². The first-order chi connectivity index (χ1) is 13.3. The molecule has 28 heavy (non-hydrogen) atoms. The minimum Gasteiger partial charge on any atom is -0.495 e. The van der Waals surface area contributed by atoms with Crippen LogP contribution in [0.3, 0.4) is 0 Å². The quantitative estimate of drug-likeness (QED) is 0.565. The molecule has 0 aliphatic rings. The Morgan fingerprint density at radius 1 is 0.929 bits per heavy atom. The number of ether oxygens (including phenoxy) is 2. The molecule has 0 atom stereocenters. The molecule has 0 spiro atoms. The second-order valence-corrected chi connectivity index (χ2v) is 6.52. The number of primary amides is 1. The van der Waals surface area contributed by atoms with Crippen LogP contribution in [0.5, 0.6) is 11.5 Å². The zero-order chi connectivity index (χ0) is 20.7. The van der Waals surface area contributed by atoms with E-state index in [4.69, 9.17) is 15.2 Å². The molecule has 2 rings (SSSR count). The van der Waals surface area contributed by atoms with E-state index in [1.807, 2.05) is 0 Å². The van der Waals surface area contributed by atoms with Gasteiger partial charge in [-0.15, -0.1) is 0 Å². The second-order valence-electron chi connectivity index (χ2n) is 5.72. The maximum atomic E-state index is 12.4. The Bertz CT molecular complexity index is 859. The van der Waals surface area contributed by atoms with Gasteiger partial charge in [0.15, 0.2) is 0 Å². The molecular formula is C19H20BrN3O5. The van der Waals surface area contributed by atoms with Crippen LogP contribution >= 0.6 is 15.9 Å². The lowest BCUT2D eigenvalue weighted by molar-refractivity contribution is -0.117. The Hall–Kier alpha value is -3.07. The van der Waals surface area contributed by atoms with Crippen molar-refractivity contribution in [3.63, 3.8) is 0 Å². The lowest BCUT2D eigenvalue weighted by Gasteiger charge is -2.12. The molecule has 0 unspecified atom stereocenters. The minimum absolute atomic E-state index is 0.225. The summed E-state index contributed by atoms with van der Waals surface area (Å²) < 4.78 is 11.1. The van der Waals surface area contributed by atoms with Crippen molar-refractivity contribution in [1.29, 1.82) is 0 Å². The van der Waals surface area contributed by atoms with Crippen LogP contribution in [-0.2, 0) is 11.3 Å². The second kappa shape index (κ2) is 9.75. The van der Waals surface area contributed by atoms with E-state index in [0.717, 1.165) is 5.56 Å². The molecule has 0 aliphatic heterocycles. The number of nitrogens with two attached hydrogens (primary N) is 1. The van der Waals surface area contributed by atoms with E-state index < -0.39 is 11.8 Å². The van der Waals surface area contributed by atoms with E-state index in [0.29, 0.717) is 27.1 Å². The topological polar surface area (TPSA) is 120 Å². The molecule has 0 fully saturated rings. The summed E-state index contributed by atoms with van der Waals surface area (Å²) in [6.45, 7) is 0.0411. The van der Waals surface area contributed by atoms with Crippen LogP contribution in [0.4, 0.5) is 0 Å². The number of carbonyl (C=O) groups is 3. The van der Waals surface area contributed by atoms with Gasteiger partial charge < -0.3 is 25.8 Å². The van der Waals surface area contributed by atoms with E-state index in [1.165, 1.54) is 14.2 Å². The van der Waals surface area contributed by atoms with Crippen molar-refractivity contribution in [2.45, 2.75) is 6.54 Å². The number of nitrogens with one attached hydrogen (secondary N) is 2. The molecule has 0 bridgehead atoms. The summed E-state index contributed by atoms with van der Waals surface area (Å²) >= 11 is 3.36. The van der Waals surface area contributed by atoms with Crippen molar-refractivity contribution < 1.29 is 23.9 Å². The third kappa shape index (κ3) is 5.46. The van der Waals surface area contributed by atoms with Gasteiger partial charge in [-0.1, -0.05) is 12.1 Å². The van der Waals surface area contributed by atoms with Crippen LogP contribution < -0.4 is 25.8 Å². The van der Waals surface area contributed by atoms with Gasteiger partial charge in [0.05, 0.1) is 20.8 Å². The SMILES string of the molecule is COc1cc(C(=O)NCc2ccc(C(=O)NCC(N)=O)cc2)cc(OC)c1Br. The summed E-state index contributed by atoms with van der Waals surface area (Å²) in [5.74, 6) is -0.351. The molecule has 0 saturated heterocycles. The van der Waals surface area contributed by atoms with Gasteiger partial charge in [-0.25, -0.2) is 0 Å². The Morgan fingerprint density at radius 2 is 1.46 bits per heavy atom. The standard InChI is InChI=1S/C19H20BrN3O5/c1-27-14-7-13(8-15(28-2)17(14)20)19(26)22-9-11-3-5-12(6-4-11)18(25)23-10-16(21)24/h3-8H,9-10H2,1-2H3,(H2,21,24)(H,22,26)(H,23,25). The lowest BCUT2D eigenvalue weighted by Crippen LogP contribution is -2.33. The van der Waals surface area contributed by atoms with E-state index in [1.54, 1.807) is 36.4 Å². The van der Waals surface area contributed by atoms with Gasteiger partial charge in [-0.2, -0.15) is 0 Å². The van der Waals surface area contributed by atoms with Gasteiger partial charge in [-0.3, -0.25) is 14.4 Å². The molecule has 0 aliphatic carbocycles. The minimum atomic E-state index is -0.617. The van der Waals surface area contributed by atoms with Gasteiger partial charge in [0.1, 0.15) is 16.0 Å². The predicted molar refractivity (Wildman–Crippen MR) is 106 cm³/mol. The highest BCUT2D eigenvalue weighted by Gasteiger charge is 2.14. The molecule has 0 saturated carbocycles. The van der Waals surface area contributed by atoms with E-state index in [9.17, 15) is 14.4 Å². The highest BCUT2D eigenvalue weighted by molar-refractivity contribution is 9.10. The zero-order valence-corrected chi connectivity index (χ0v) is 17.0. The first-order valence-electron chi connectivity index (χ1n) is 8.21. The maximum Gasteiger partial charge on any atom is 0.251 e. The van der Waals surface area contributed by atoms with Crippen LogP contribution in [-0.4, -0.2) is 38.5 Å². The largest absolute Gasteiger partial charge is 0.495 e. The van der Waals surface area contributed by atoms with Crippen molar-refractivity contribution in [2.75, 3.05) is 20.8 Å². The smallest absolute Gasteiger partial charge is 0.251 e. The van der Waals surface area contributed by atoms with E-state index >= 15 is 0 Å². The molecule has 148 valence electrons. The van der Waals surface area contributed by atoms with Crippen molar-refractivity contribution in [2.24, 2.45) is 5.73 Å². The summed E-state index contributed by atoms with van der Waals surface area (Å²) in [6, 6.07) is 9.83. The number of carbonyl (C=O) groups excluding carboxylic acids is 3. The van der Waals surface area contributed by atoms with Gasteiger partial charge in [0.2, 0.25) is 5.91 Å². The van der Waals surface area contributed by atoms with Crippen molar-refractivity contribution in [1.82, 2.24) is 10.6 Å². The average Bonchev–Trinajstić information content (AvgIpc) is 2.70. The van der Waals surface area contributed by atoms with Crippen LogP contribution in [0.15, 0.2) is 40.9 Å². The average molecular weight is 450 g/mol. The van der Waals surface area contributed by atoms with Crippen LogP contribution in [0.2, 0.25) is 0 Å². The molecule has 0 aromatic heterocycles. The molecule has 3 amide bonds. The third-order valence-corrected chi connectivity index (χ3v) is 4.58. The molecule has 8 nitrogen and oxygen atoms in total. The van der Waals surface area contributed by atoms with Crippen molar-refractivity contribution in [3.8, 4) is 11.5 Å². The lowest BCUT2D eigenvalue weighted by atomic mass is 10.1. The number of rotatable bonds is 8. The Labute approximate surface area is 170 Å². The van der Waals surface area contributed by atoms with Gasteiger partial charge in [0, 0.05) is 17.7 Å². The predicted octanol–water partition coefficient (Wildman–Crippen LogP) is 1.61. The highest BCUT2D eigenvalue weighted by Crippen LogP contribution is 2.35. The van der Waals surface area contributed by atoms with Crippen molar-refractivity contribution in [3.05, 3.63) is 57.6 Å². The number of benzene rings is 2. The first-order valence-corrected chi connectivity index (χ1v) is 9.00. The maximum absolute atomic E-state index is 12.4. The first kappa shape index (κ1) is 21.2. The Kier molecular flexibility index (Phi) is 7.39. The molecule has 0 heterocycles.